The van der Waals surface area contributed by atoms with Gasteiger partial charge in [-0.25, -0.2) is 0 Å². The van der Waals surface area contributed by atoms with Crippen LogP contribution in [0.1, 0.15) is 30.5 Å². The highest BCUT2D eigenvalue weighted by Gasteiger charge is 2.31. The maximum Gasteiger partial charge on any atom is 0.243 e. The van der Waals surface area contributed by atoms with Gasteiger partial charge in [-0.15, -0.1) is 11.8 Å². The summed E-state index contributed by atoms with van der Waals surface area (Å²) in [5, 5.41) is 3.98. The molecule has 3 aromatic rings. The summed E-state index contributed by atoms with van der Waals surface area (Å²) in [4.78, 5) is 28.7. The van der Waals surface area contributed by atoms with Crippen LogP contribution in [0.2, 0.25) is 10.0 Å². The average molecular weight is 608 g/mol. The van der Waals surface area contributed by atoms with Crippen molar-refractivity contribution in [1.29, 1.82) is 0 Å². The third-order valence-corrected chi connectivity index (χ3v) is 7.57. The highest BCUT2D eigenvalue weighted by molar-refractivity contribution is 9.10. The first-order chi connectivity index (χ1) is 17.2. The predicted octanol–water partition coefficient (Wildman–Crippen LogP) is 7.15. The standard InChI is InChI=1S/C28H29BrCl2N2O2S/c1-19(2)32-28(35)26(14-20-6-4-3-5-7-20)33(16-22-10-13-24(30)15-25(22)31)27(34)18-36-17-21-8-11-23(29)12-9-21/h3-13,15,19,26H,14,16-18H2,1-2H3,(H,32,35)/t26-/m0/s1. The van der Waals surface area contributed by atoms with Gasteiger partial charge in [-0.3, -0.25) is 9.59 Å². The zero-order valence-electron chi connectivity index (χ0n) is 20.2. The fourth-order valence-electron chi connectivity index (χ4n) is 3.69. The van der Waals surface area contributed by atoms with Gasteiger partial charge >= 0.3 is 0 Å². The van der Waals surface area contributed by atoms with Gasteiger partial charge in [-0.05, 0) is 54.8 Å². The van der Waals surface area contributed by atoms with Crippen LogP contribution in [0.3, 0.4) is 0 Å². The second kappa shape index (κ2) is 14.1. The van der Waals surface area contributed by atoms with Crippen molar-refractivity contribution < 1.29 is 9.59 Å². The molecule has 0 aromatic heterocycles. The van der Waals surface area contributed by atoms with Crippen LogP contribution in [0.5, 0.6) is 0 Å². The highest BCUT2D eigenvalue weighted by atomic mass is 79.9. The molecule has 0 aliphatic carbocycles. The molecular weight excluding hydrogens is 579 g/mol. The van der Waals surface area contributed by atoms with Gasteiger partial charge in [0, 0.05) is 39.3 Å². The maximum absolute atomic E-state index is 13.6. The largest absolute Gasteiger partial charge is 0.352 e. The number of nitrogens with zero attached hydrogens (tertiary/aromatic N) is 1. The first-order valence-corrected chi connectivity index (χ1v) is 14.3. The van der Waals surface area contributed by atoms with Crippen molar-refractivity contribution in [2.45, 2.75) is 44.6 Å². The number of hydrogen-bond acceptors (Lipinski definition) is 3. The van der Waals surface area contributed by atoms with Crippen molar-refractivity contribution in [2.75, 3.05) is 5.75 Å². The van der Waals surface area contributed by atoms with E-state index in [4.69, 9.17) is 23.2 Å². The van der Waals surface area contributed by atoms with Gasteiger partial charge < -0.3 is 10.2 Å². The molecule has 3 aromatic carbocycles. The van der Waals surface area contributed by atoms with Crippen LogP contribution >= 0.6 is 50.9 Å². The van der Waals surface area contributed by atoms with Crippen molar-refractivity contribution >= 4 is 62.7 Å². The molecule has 4 nitrogen and oxygen atoms in total. The van der Waals surface area contributed by atoms with Gasteiger partial charge in [0.15, 0.2) is 0 Å². The number of halogens is 3. The minimum Gasteiger partial charge on any atom is -0.352 e. The molecule has 1 atom stereocenters. The van der Waals surface area contributed by atoms with E-state index in [2.05, 4.69) is 21.2 Å². The molecule has 0 bridgehead atoms. The maximum atomic E-state index is 13.6. The molecule has 0 aliphatic rings. The lowest BCUT2D eigenvalue weighted by Gasteiger charge is -2.32. The second-order valence-corrected chi connectivity index (χ2v) is 11.5. The zero-order chi connectivity index (χ0) is 26.1. The molecule has 0 aliphatic heterocycles. The molecular formula is C28H29BrCl2N2O2S. The number of carbonyl (C=O) groups is 2. The van der Waals surface area contributed by atoms with Crippen molar-refractivity contribution in [3.63, 3.8) is 0 Å². The molecule has 0 heterocycles. The summed E-state index contributed by atoms with van der Waals surface area (Å²) >= 11 is 17.5. The number of amides is 2. The van der Waals surface area contributed by atoms with Crippen LogP contribution in [-0.4, -0.2) is 34.6 Å². The molecule has 0 fully saturated rings. The van der Waals surface area contributed by atoms with Gasteiger partial charge in [0.25, 0.3) is 0 Å². The molecule has 0 saturated carbocycles. The monoisotopic (exact) mass is 606 g/mol. The number of hydrogen-bond donors (Lipinski definition) is 1. The van der Waals surface area contributed by atoms with E-state index in [0.29, 0.717) is 22.2 Å². The van der Waals surface area contributed by atoms with Crippen LogP contribution < -0.4 is 5.32 Å². The van der Waals surface area contributed by atoms with Gasteiger partial charge in [0.2, 0.25) is 11.8 Å². The van der Waals surface area contributed by atoms with E-state index < -0.39 is 6.04 Å². The first kappa shape index (κ1) is 28.6. The molecule has 0 radical (unpaired) electrons. The zero-order valence-corrected chi connectivity index (χ0v) is 24.1. The van der Waals surface area contributed by atoms with Crippen molar-refractivity contribution in [2.24, 2.45) is 0 Å². The third kappa shape index (κ3) is 8.84. The Kier molecular flexibility index (Phi) is 11.2. The van der Waals surface area contributed by atoms with Gasteiger partial charge in [-0.1, -0.05) is 87.7 Å². The second-order valence-electron chi connectivity index (χ2n) is 8.75. The number of carbonyl (C=O) groups excluding carboxylic acids is 2. The van der Waals surface area contributed by atoms with Gasteiger partial charge in [-0.2, -0.15) is 0 Å². The Morgan fingerprint density at radius 2 is 1.67 bits per heavy atom. The molecule has 0 saturated heterocycles. The highest BCUT2D eigenvalue weighted by Crippen LogP contribution is 2.25. The molecule has 2 amide bonds. The molecule has 1 N–H and O–H groups in total. The van der Waals surface area contributed by atoms with E-state index in [1.807, 2.05) is 68.4 Å². The van der Waals surface area contributed by atoms with Crippen LogP contribution in [0.4, 0.5) is 0 Å². The van der Waals surface area contributed by atoms with Gasteiger partial charge in [0.1, 0.15) is 6.04 Å². The summed E-state index contributed by atoms with van der Waals surface area (Å²) < 4.78 is 1.01. The minimum atomic E-state index is -0.692. The summed E-state index contributed by atoms with van der Waals surface area (Å²) in [6.45, 7) is 4.03. The van der Waals surface area contributed by atoms with Crippen LogP contribution in [0.15, 0.2) is 77.3 Å². The molecule has 36 heavy (non-hydrogen) atoms. The van der Waals surface area contributed by atoms with E-state index in [0.717, 1.165) is 21.2 Å². The Morgan fingerprint density at radius 1 is 0.972 bits per heavy atom. The first-order valence-electron chi connectivity index (χ1n) is 11.6. The third-order valence-electron chi connectivity index (χ3n) is 5.47. The Labute approximate surface area is 235 Å². The number of thioether (sulfide) groups is 1. The number of benzene rings is 3. The summed E-state index contributed by atoms with van der Waals surface area (Å²) in [5.41, 5.74) is 2.84. The molecule has 0 unspecified atom stereocenters. The van der Waals surface area contributed by atoms with Crippen LogP contribution in [0.25, 0.3) is 0 Å². The van der Waals surface area contributed by atoms with E-state index >= 15 is 0 Å². The summed E-state index contributed by atoms with van der Waals surface area (Å²) in [6, 6.07) is 22.2. The predicted molar refractivity (Wildman–Crippen MR) is 155 cm³/mol. The Bertz CT molecular complexity index is 1160. The Balaban J connectivity index is 1.87. The normalized spacial score (nSPS) is 11.8. The Hall–Kier alpha value is -1.99. The van der Waals surface area contributed by atoms with Crippen molar-refractivity contribution in [3.05, 3.63) is 104 Å². The van der Waals surface area contributed by atoms with E-state index in [1.165, 1.54) is 11.8 Å². The summed E-state index contributed by atoms with van der Waals surface area (Å²) in [5.74, 6) is 0.616. The lowest BCUT2D eigenvalue weighted by molar-refractivity contribution is -0.139. The minimum absolute atomic E-state index is 0.0568. The molecule has 0 spiro atoms. The smallest absolute Gasteiger partial charge is 0.243 e. The Morgan fingerprint density at radius 3 is 2.31 bits per heavy atom. The number of nitrogens with one attached hydrogen (secondary N) is 1. The van der Waals surface area contributed by atoms with Crippen molar-refractivity contribution in [3.8, 4) is 0 Å². The topological polar surface area (TPSA) is 49.4 Å². The number of rotatable bonds is 11. The summed E-state index contributed by atoms with van der Waals surface area (Å²) in [6.07, 6.45) is 0.397. The fraction of sp³-hybridized carbons (Fsp3) is 0.286. The van der Waals surface area contributed by atoms with E-state index in [1.54, 1.807) is 23.1 Å². The molecule has 8 heteroatoms. The van der Waals surface area contributed by atoms with Crippen molar-refractivity contribution in [1.82, 2.24) is 10.2 Å². The van der Waals surface area contributed by atoms with E-state index in [-0.39, 0.29) is 30.2 Å². The lowest BCUT2D eigenvalue weighted by Crippen LogP contribution is -2.52. The SMILES string of the molecule is CC(C)NC(=O)[C@H](Cc1ccccc1)N(Cc1ccc(Cl)cc1Cl)C(=O)CSCc1ccc(Br)cc1. The molecule has 190 valence electrons. The fourth-order valence-corrected chi connectivity index (χ4v) is 5.29. The quantitative estimate of drug-likeness (QED) is 0.252. The molecule has 3 rings (SSSR count). The summed E-state index contributed by atoms with van der Waals surface area (Å²) in [7, 11) is 0. The van der Waals surface area contributed by atoms with E-state index in [9.17, 15) is 9.59 Å². The van der Waals surface area contributed by atoms with Crippen LogP contribution in [-0.2, 0) is 28.3 Å². The van der Waals surface area contributed by atoms with Crippen LogP contribution in [0, 0.1) is 0 Å². The average Bonchev–Trinajstić information content (AvgIpc) is 2.84. The van der Waals surface area contributed by atoms with Gasteiger partial charge in [0.05, 0.1) is 5.75 Å². The lowest BCUT2D eigenvalue weighted by atomic mass is 10.0.